The van der Waals surface area contributed by atoms with Crippen molar-refractivity contribution >= 4 is 35.0 Å². The molecule has 3 heterocycles. The minimum atomic E-state index is -0.528. The van der Waals surface area contributed by atoms with Gasteiger partial charge in [0.05, 0.1) is 22.7 Å². The number of amides is 1. The van der Waals surface area contributed by atoms with Crippen LogP contribution in [-0.2, 0) is 4.79 Å². The van der Waals surface area contributed by atoms with Crippen molar-refractivity contribution in [3.05, 3.63) is 77.7 Å². The van der Waals surface area contributed by atoms with Gasteiger partial charge in [0, 0.05) is 0 Å². The first kappa shape index (κ1) is 23.0. The van der Waals surface area contributed by atoms with Crippen molar-refractivity contribution in [2.24, 2.45) is 0 Å². The number of carbonyl (C=O) groups is 1. The van der Waals surface area contributed by atoms with E-state index in [4.69, 9.17) is 9.72 Å². The zero-order valence-corrected chi connectivity index (χ0v) is 20.5. The molecule has 0 fully saturated rings. The predicted octanol–water partition coefficient (Wildman–Crippen LogP) is 5.37. The maximum atomic E-state index is 13.3. The number of ether oxygens (including phenoxy) is 1. The summed E-state index contributed by atoms with van der Waals surface area (Å²) in [5.74, 6) is 0.703. The first-order valence-corrected chi connectivity index (χ1v) is 12.7. The number of allylic oxidation sites excluding steroid dienone is 3. The van der Waals surface area contributed by atoms with Crippen LogP contribution < -0.4 is 10.1 Å². The predicted molar refractivity (Wildman–Crippen MR) is 138 cm³/mol. The zero-order valence-electron chi connectivity index (χ0n) is 18.8. The van der Waals surface area contributed by atoms with E-state index in [-0.39, 0.29) is 11.9 Å². The summed E-state index contributed by atoms with van der Waals surface area (Å²) in [7, 11) is 1.65. The number of aromatic nitrogens is 5. The SMILES string of the molecule is COc1ccc(-c2cc(SC(C(=O)Nc3nn[nH]n3)C3=CCCC=C3)nc(-c3cccs3)c2)cc1. The monoisotopic (exact) mass is 502 g/mol. The number of H-pyrrole nitrogens is 1. The number of hydrogen-bond donors (Lipinski definition) is 2. The van der Waals surface area contributed by atoms with Gasteiger partial charge >= 0.3 is 0 Å². The van der Waals surface area contributed by atoms with Gasteiger partial charge in [0.25, 0.3) is 5.95 Å². The number of hydrogen-bond acceptors (Lipinski definition) is 8. The Hall–Kier alpha value is -3.76. The highest BCUT2D eigenvalue weighted by Crippen LogP contribution is 2.36. The van der Waals surface area contributed by atoms with Crippen molar-refractivity contribution in [1.82, 2.24) is 25.6 Å². The minimum absolute atomic E-state index is 0.139. The van der Waals surface area contributed by atoms with Gasteiger partial charge in [-0.05, 0) is 70.5 Å². The molecule has 1 unspecified atom stereocenters. The third-order valence-electron chi connectivity index (χ3n) is 5.38. The van der Waals surface area contributed by atoms with Gasteiger partial charge in [0.1, 0.15) is 11.0 Å². The van der Waals surface area contributed by atoms with E-state index >= 15 is 0 Å². The molecule has 35 heavy (non-hydrogen) atoms. The zero-order chi connectivity index (χ0) is 24.0. The van der Waals surface area contributed by atoms with E-state index in [1.807, 2.05) is 53.9 Å². The van der Waals surface area contributed by atoms with Gasteiger partial charge in [0.15, 0.2) is 0 Å². The Morgan fingerprint density at radius 1 is 1.17 bits per heavy atom. The number of nitrogens with one attached hydrogen (secondary N) is 2. The quantitative estimate of drug-likeness (QED) is 0.312. The van der Waals surface area contributed by atoms with E-state index in [2.05, 4.69) is 44.2 Å². The van der Waals surface area contributed by atoms with Crippen LogP contribution >= 0.6 is 23.1 Å². The van der Waals surface area contributed by atoms with Gasteiger partial charge in [-0.25, -0.2) is 4.98 Å². The van der Waals surface area contributed by atoms with Gasteiger partial charge < -0.3 is 4.74 Å². The van der Waals surface area contributed by atoms with E-state index < -0.39 is 5.25 Å². The summed E-state index contributed by atoms with van der Waals surface area (Å²) in [5, 5.41) is 18.6. The summed E-state index contributed by atoms with van der Waals surface area (Å²) >= 11 is 3.03. The number of aromatic amines is 1. The summed E-state index contributed by atoms with van der Waals surface area (Å²) in [6, 6.07) is 16.1. The molecule has 1 aromatic carbocycles. The maximum Gasteiger partial charge on any atom is 0.269 e. The second kappa shape index (κ2) is 10.7. The lowest BCUT2D eigenvalue weighted by molar-refractivity contribution is -0.115. The number of tetrazole rings is 1. The molecule has 4 aromatic rings. The van der Waals surface area contributed by atoms with Crippen LogP contribution in [0.4, 0.5) is 5.95 Å². The van der Waals surface area contributed by atoms with Crippen LogP contribution in [0.15, 0.2) is 82.7 Å². The first-order chi connectivity index (χ1) is 17.2. The average Bonchev–Trinajstić information content (AvgIpc) is 3.62. The molecule has 3 aromatic heterocycles. The van der Waals surface area contributed by atoms with Crippen molar-refractivity contribution in [3.8, 4) is 27.4 Å². The first-order valence-electron chi connectivity index (χ1n) is 11.0. The van der Waals surface area contributed by atoms with Crippen LogP contribution in [0.5, 0.6) is 5.75 Å². The van der Waals surface area contributed by atoms with E-state index in [0.29, 0.717) is 0 Å². The molecule has 0 radical (unpaired) electrons. The van der Waals surface area contributed by atoms with E-state index in [0.717, 1.165) is 50.9 Å². The number of nitrogens with zero attached hydrogens (tertiary/aromatic N) is 4. The second-order valence-electron chi connectivity index (χ2n) is 7.69. The normalized spacial score (nSPS) is 13.8. The Morgan fingerprint density at radius 3 is 2.74 bits per heavy atom. The molecule has 10 heteroatoms. The summed E-state index contributed by atoms with van der Waals surface area (Å²) in [4.78, 5) is 19.3. The fourth-order valence-corrected chi connectivity index (χ4v) is 5.43. The Bertz CT molecular complexity index is 1350. The van der Waals surface area contributed by atoms with Crippen LogP contribution in [-0.4, -0.2) is 43.9 Å². The lowest BCUT2D eigenvalue weighted by Gasteiger charge is -2.19. The van der Waals surface area contributed by atoms with Crippen molar-refractivity contribution in [2.45, 2.75) is 23.1 Å². The van der Waals surface area contributed by atoms with Crippen molar-refractivity contribution < 1.29 is 9.53 Å². The average molecular weight is 503 g/mol. The molecule has 1 amide bonds. The topological polar surface area (TPSA) is 106 Å². The third-order valence-corrected chi connectivity index (χ3v) is 7.45. The largest absolute Gasteiger partial charge is 0.497 e. The fraction of sp³-hybridized carbons (Fsp3) is 0.160. The molecular weight excluding hydrogens is 480 g/mol. The molecule has 0 aliphatic heterocycles. The highest BCUT2D eigenvalue weighted by atomic mass is 32.2. The van der Waals surface area contributed by atoms with Gasteiger partial charge in [-0.15, -0.1) is 16.4 Å². The number of thioether (sulfide) groups is 1. The molecule has 176 valence electrons. The fourth-order valence-electron chi connectivity index (χ4n) is 3.68. The summed E-state index contributed by atoms with van der Waals surface area (Å²) in [6.45, 7) is 0. The van der Waals surface area contributed by atoms with Gasteiger partial charge in [0.2, 0.25) is 5.91 Å². The highest BCUT2D eigenvalue weighted by Gasteiger charge is 2.26. The number of methoxy groups -OCH3 is 1. The number of benzene rings is 1. The van der Waals surface area contributed by atoms with E-state index in [1.165, 1.54) is 11.8 Å². The van der Waals surface area contributed by atoms with Gasteiger partial charge in [-0.3, -0.25) is 10.1 Å². The Labute approximate surface area is 210 Å². The molecule has 5 rings (SSSR count). The van der Waals surface area contributed by atoms with E-state index in [1.54, 1.807) is 18.4 Å². The molecule has 1 aliphatic carbocycles. The molecule has 0 bridgehead atoms. The van der Waals surface area contributed by atoms with Gasteiger partial charge in [-0.2, -0.15) is 5.21 Å². The molecule has 2 N–H and O–H groups in total. The van der Waals surface area contributed by atoms with E-state index in [9.17, 15) is 4.79 Å². The number of rotatable bonds is 8. The van der Waals surface area contributed by atoms with Crippen LogP contribution in [0.1, 0.15) is 12.8 Å². The standard InChI is InChI=1S/C25H22N6O2S2/c1-33-19-11-9-16(10-12-19)18-14-20(21-8-5-13-34-21)26-22(15-18)35-23(17-6-3-2-4-7-17)24(32)27-25-28-30-31-29-25/h3,5-15,23H,2,4H2,1H3,(H2,27,28,29,30,31,32). The summed E-state index contributed by atoms with van der Waals surface area (Å²) in [6.07, 6.45) is 8.04. The Morgan fingerprint density at radius 2 is 2.06 bits per heavy atom. The molecular formula is C25H22N6O2S2. The van der Waals surface area contributed by atoms with Crippen LogP contribution in [0.3, 0.4) is 0 Å². The van der Waals surface area contributed by atoms with Crippen molar-refractivity contribution in [2.75, 3.05) is 12.4 Å². The lowest BCUT2D eigenvalue weighted by atomic mass is 10.0. The smallest absolute Gasteiger partial charge is 0.269 e. The maximum absolute atomic E-state index is 13.3. The number of carbonyl (C=O) groups excluding carboxylic acids is 1. The summed E-state index contributed by atoms with van der Waals surface area (Å²) in [5.41, 5.74) is 3.84. The molecule has 1 atom stereocenters. The minimum Gasteiger partial charge on any atom is -0.497 e. The Balaban J connectivity index is 1.52. The molecule has 0 saturated heterocycles. The van der Waals surface area contributed by atoms with Crippen LogP contribution in [0.2, 0.25) is 0 Å². The van der Waals surface area contributed by atoms with Crippen molar-refractivity contribution in [3.63, 3.8) is 0 Å². The van der Waals surface area contributed by atoms with Crippen LogP contribution in [0.25, 0.3) is 21.7 Å². The number of anilines is 1. The number of pyridine rings is 1. The Kier molecular flexibility index (Phi) is 7.01. The number of thiophene rings is 1. The molecule has 0 saturated carbocycles. The van der Waals surface area contributed by atoms with Crippen LogP contribution in [0, 0.1) is 0 Å². The molecule has 8 nitrogen and oxygen atoms in total. The summed E-state index contributed by atoms with van der Waals surface area (Å²) < 4.78 is 5.31. The highest BCUT2D eigenvalue weighted by molar-refractivity contribution is 8.00. The third kappa shape index (κ3) is 5.50. The van der Waals surface area contributed by atoms with Gasteiger partial charge in [-0.1, -0.05) is 53.3 Å². The van der Waals surface area contributed by atoms with Crippen molar-refractivity contribution in [1.29, 1.82) is 0 Å². The molecule has 0 spiro atoms. The second-order valence-corrected chi connectivity index (χ2v) is 9.76. The lowest BCUT2D eigenvalue weighted by Crippen LogP contribution is -2.27. The molecule has 1 aliphatic rings.